The predicted molar refractivity (Wildman–Crippen MR) is 131 cm³/mol. The minimum Gasteiger partial charge on any atom is -0.508 e. The van der Waals surface area contributed by atoms with E-state index in [0.717, 1.165) is 62.5 Å². The third-order valence-electron chi connectivity index (χ3n) is 7.24. The van der Waals surface area contributed by atoms with E-state index in [1.807, 2.05) is 12.1 Å². The van der Waals surface area contributed by atoms with E-state index in [0.29, 0.717) is 17.4 Å². The average Bonchev–Trinajstić information content (AvgIpc) is 2.71. The summed E-state index contributed by atoms with van der Waals surface area (Å²) < 4.78 is 0. The van der Waals surface area contributed by atoms with Crippen molar-refractivity contribution in [1.29, 1.82) is 0 Å². The minimum absolute atomic E-state index is 0.0928. The summed E-state index contributed by atoms with van der Waals surface area (Å²) in [6.45, 7) is 11.6. The van der Waals surface area contributed by atoms with Gasteiger partial charge in [-0.1, -0.05) is 71.7 Å². The summed E-state index contributed by atoms with van der Waals surface area (Å²) in [6, 6.07) is 12.7. The van der Waals surface area contributed by atoms with Crippen LogP contribution in [0, 0.1) is 11.3 Å². The molecule has 1 aliphatic carbocycles. The molecule has 0 aromatic heterocycles. The van der Waals surface area contributed by atoms with Crippen LogP contribution in [0.3, 0.4) is 0 Å². The largest absolute Gasteiger partial charge is 0.508 e. The van der Waals surface area contributed by atoms with E-state index in [4.69, 9.17) is 0 Å². The third kappa shape index (κ3) is 5.27. The van der Waals surface area contributed by atoms with Gasteiger partial charge in [0, 0.05) is 5.41 Å². The first-order chi connectivity index (χ1) is 14.7. The first-order valence-electron chi connectivity index (χ1n) is 12.4. The second kappa shape index (κ2) is 9.67. The summed E-state index contributed by atoms with van der Waals surface area (Å²) in [6.07, 6.45) is 9.68. The van der Waals surface area contributed by atoms with E-state index in [-0.39, 0.29) is 10.8 Å². The highest BCUT2D eigenvalue weighted by atomic mass is 16.3. The molecule has 170 valence electrons. The number of benzene rings is 2. The van der Waals surface area contributed by atoms with Crippen LogP contribution in [0.1, 0.15) is 102 Å². The van der Waals surface area contributed by atoms with Crippen LogP contribution >= 0.6 is 0 Å². The maximum absolute atomic E-state index is 10.5. The van der Waals surface area contributed by atoms with Gasteiger partial charge in [0.05, 0.1) is 0 Å². The Morgan fingerprint density at radius 2 is 1.29 bits per heavy atom. The maximum atomic E-state index is 10.5. The molecule has 2 aromatic carbocycles. The molecular formula is C29H42O2. The van der Waals surface area contributed by atoms with Gasteiger partial charge in [-0.15, -0.1) is 0 Å². The molecule has 0 aliphatic heterocycles. The number of hydrogen-bond acceptors (Lipinski definition) is 2. The molecule has 1 saturated carbocycles. The summed E-state index contributed by atoms with van der Waals surface area (Å²) >= 11 is 0. The first-order valence-corrected chi connectivity index (χ1v) is 12.4. The molecule has 2 heteroatoms. The number of hydrogen-bond donors (Lipinski definition) is 2. The molecule has 1 fully saturated rings. The van der Waals surface area contributed by atoms with Crippen molar-refractivity contribution in [2.75, 3.05) is 0 Å². The van der Waals surface area contributed by atoms with Gasteiger partial charge in [-0.25, -0.2) is 0 Å². The quantitative estimate of drug-likeness (QED) is 0.453. The van der Waals surface area contributed by atoms with Gasteiger partial charge in [0.2, 0.25) is 0 Å². The molecule has 0 amide bonds. The van der Waals surface area contributed by atoms with Crippen LogP contribution in [-0.2, 0) is 18.3 Å². The van der Waals surface area contributed by atoms with Crippen LogP contribution in [-0.4, -0.2) is 10.2 Å². The van der Waals surface area contributed by atoms with Gasteiger partial charge < -0.3 is 10.2 Å². The number of unbranched alkanes of at least 4 members (excludes halogenated alkanes) is 2. The highest BCUT2D eigenvalue weighted by molar-refractivity contribution is 5.49. The molecule has 0 saturated heterocycles. The van der Waals surface area contributed by atoms with Gasteiger partial charge in [-0.3, -0.25) is 0 Å². The van der Waals surface area contributed by atoms with Crippen LogP contribution in [0.2, 0.25) is 0 Å². The average molecular weight is 423 g/mol. The fraction of sp³-hybridized carbons (Fsp3) is 0.586. The van der Waals surface area contributed by atoms with E-state index >= 15 is 0 Å². The van der Waals surface area contributed by atoms with Crippen molar-refractivity contribution in [1.82, 2.24) is 0 Å². The third-order valence-corrected chi connectivity index (χ3v) is 7.24. The zero-order valence-electron chi connectivity index (χ0n) is 20.3. The molecule has 1 atom stereocenters. The topological polar surface area (TPSA) is 40.5 Å². The molecule has 1 unspecified atom stereocenters. The van der Waals surface area contributed by atoms with E-state index < -0.39 is 0 Å². The van der Waals surface area contributed by atoms with Crippen molar-refractivity contribution in [3.8, 4) is 11.5 Å². The Kier molecular flexibility index (Phi) is 7.39. The fourth-order valence-electron chi connectivity index (χ4n) is 6.08. The lowest BCUT2D eigenvalue weighted by molar-refractivity contribution is 0.126. The Bertz CT molecular complexity index is 823. The van der Waals surface area contributed by atoms with Crippen molar-refractivity contribution in [3.05, 3.63) is 58.7 Å². The summed E-state index contributed by atoms with van der Waals surface area (Å²) in [5.41, 5.74) is 4.93. The highest BCUT2D eigenvalue weighted by Gasteiger charge is 2.45. The Balaban J connectivity index is 2.16. The van der Waals surface area contributed by atoms with Crippen molar-refractivity contribution in [2.24, 2.45) is 11.3 Å². The number of phenolic OH excluding ortho intramolecular Hbond substituents is 2. The van der Waals surface area contributed by atoms with Gasteiger partial charge in [0.15, 0.2) is 0 Å². The first kappa shape index (κ1) is 23.7. The van der Waals surface area contributed by atoms with Crippen molar-refractivity contribution in [3.63, 3.8) is 0 Å². The van der Waals surface area contributed by atoms with Crippen molar-refractivity contribution in [2.45, 2.75) is 97.8 Å². The summed E-state index contributed by atoms with van der Waals surface area (Å²) in [5.74, 6) is 1.46. The zero-order chi connectivity index (χ0) is 22.6. The van der Waals surface area contributed by atoms with Gasteiger partial charge in [0.1, 0.15) is 11.5 Å². The smallest absolute Gasteiger partial charge is 0.118 e. The van der Waals surface area contributed by atoms with E-state index in [9.17, 15) is 10.2 Å². The van der Waals surface area contributed by atoms with Crippen molar-refractivity contribution >= 4 is 0 Å². The molecule has 0 radical (unpaired) electrons. The molecule has 0 bridgehead atoms. The van der Waals surface area contributed by atoms with Crippen molar-refractivity contribution < 1.29 is 10.2 Å². The van der Waals surface area contributed by atoms with Crippen LogP contribution in [0.25, 0.3) is 0 Å². The number of aromatic hydroxyl groups is 2. The van der Waals surface area contributed by atoms with Gasteiger partial charge in [-0.2, -0.15) is 0 Å². The molecule has 1 aliphatic rings. The lowest BCUT2D eigenvalue weighted by Gasteiger charge is -2.49. The lowest BCUT2D eigenvalue weighted by atomic mass is 9.55. The maximum Gasteiger partial charge on any atom is 0.118 e. The van der Waals surface area contributed by atoms with Crippen LogP contribution in [0.4, 0.5) is 0 Å². The molecule has 3 rings (SSSR count). The highest BCUT2D eigenvalue weighted by Crippen LogP contribution is 2.54. The molecule has 31 heavy (non-hydrogen) atoms. The second-order valence-electron chi connectivity index (χ2n) is 10.8. The Morgan fingerprint density at radius 1 is 0.806 bits per heavy atom. The van der Waals surface area contributed by atoms with Gasteiger partial charge in [-0.05, 0) is 90.7 Å². The SMILES string of the molecule is CCCCc1cc(C2(c3ccc(O)c(CCCC)c3)CC(C)CC(C)(C)C2)ccc1O. The number of aryl methyl sites for hydroxylation is 2. The lowest BCUT2D eigenvalue weighted by Crippen LogP contribution is -2.41. The Hall–Kier alpha value is -1.96. The number of phenols is 2. The normalized spacial score (nSPS) is 20.0. The summed E-state index contributed by atoms with van der Waals surface area (Å²) in [5, 5.41) is 21.0. The van der Waals surface area contributed by atoms with Crippen LogP contribution < -0.4 is 0 Å². The van der Waals surface area contributed by atoms with E-state index in [1.54, 1.807) is 0 Å². The molecule has 2 aromatic rings. The Labute approximate surface area is 189 Å². The molecule has 0 spiro atoms. The monoisotopic (exact) mass is 422 g/mol. The van der Waals surface area contributed by atoms with Gasteiger partial charge in [0.25, 0.3) is 0 Å². The molecular weight excluding hydrogens is 380 g/mol. The van der Waals surface area contributed by atoms with Gasteiger partial charge >= 0.3 is 0 Å². The van der Waals surface area contributed by atoms with Crippen LogP contribution in [0.15, 0.2) is 36.4 Å². The second-order valence-corrected chi connectivity index (χ2v) is 10.8. The van der Waals surface area contributed by atoms with E-state index in [1.165, 1.54) is 17.5 Å². The predicted octanol–water partition coefficient (Wildman–Crippen LogP) is 7.92. The number of rotatable bonds is 8. The summed E-state index contributed by atoms with van der Waals surface area (Å²) in [7, 11) is 0. The fourth-order valence-corrected chi connectivity index (χ4v) is 6.08. The molecule has 2 N–H and O–H groups in total. The zero-order valence-corrected chi connectivity index (χ0v) is 20.3. The van der Waals surface area contributed by atoms with Crippen LogP contribution in [0.5, 0.6) is 11.5 Å². The standard InChI is InChI=1S/C29H42O2/c1-6-8-10-22-16-24(12-14-26(22)30)29(19-21(3)18-28(4,5)20-29)25-13-15-27(31)23(17-25)11-9-7-2/h12-17,21,30-31H,6-11,18-20H2,1-5H3. The molecule has 2 nitrogen and oxygen atoms in total. The Morgan fingerprint density at radius 3 is 1.71 bits per heavy atom. The summed E-state index contributed by atoms with van der Waals surface area (Å²) in [4.78, 5) is 0. The van der Waals surface area contributed by atoms with E-state index in [2.05, 4.69) is 58.9 Å². The minimum atomic E-state index is -0.0928. The molecule has 0 heterocycles.